The molecule has 392 valence electrons. The summed E-state index contributed by atoms with van der Waals surface area (Å²) in [6.07, 6.45) is 0. The van der Waals surface area contributed by atoms with Crippen LogP contribution >= 0.6 is 0 Å². The molecule has 78 heavy (non-hydrogen) atoms. The van der Waals surface area contributed by atoms with Crippen LogP contribution in [-0.2, 0) is 27.1 Å². The zero-order chi connectivity index (χ0) is 55.0. The van der Waals surface area contributed by atoms with Crippen molar-refractivity contribution in [2.24, 2.45) is 0 Å². The summed E-state index contributed by atoms with van der Waals surface area (Å²) in [5, 5.41) is 2.18. The van der Waals surface area contributed by atoms with Crippen LogP contribution in [0.5, 0.6) is 11.5 Å². The summed E-state index contributed by atoms with van der Waals surface area (Å²) in [6.45, 7) is 34.9. The molecule has 3 heteroatoms. The molecule has 2 aliphatic rings. The Hall–Kier alpha value is -7.62. The van der Waals surface area contributed by atoms with Crippen LogP contribution in [-0.4, -0.2) is 0 Å². The fraction of sp³-hybridized carbons (Fsp3) is 0.280. The van der Waals surface area contributed by atoms with E-state index in [0.717, 1.165) is 83.9 Å². The topological polar surface area (TPSA) is 25.6 Å². The van der Waals surface area contributed by atoms with Gasteiger partial charge in [-0.25, -0.2) is 0 Å². The minimum atomic E-state index is -0.149. The molecular formula is C75H75NO2. The molecule has 12 rings (SSSR count). The molecule has 0 fully saturated rings. The number of ether oxygens (including phenoxy) is 1. The van der Waals surface area contributed by atoms with Gasteiger partial charge in [0.1, 0.15) is 22.7 Å². The molecule has 0 bridgehead atoms. The number of hydrogen-bond acceptors (Lipinski definition) is 3. The highest BCUT2D eigenvalue weighted by atomic mass is 16.5. The third kappa shape index (κ3) is 8.84. The fourth-order valence-electron chi connectivity index (χ4n) is 12.0. The highest BCUT2D eigenvalue weighted by Gasteiger charge is 2.42. The van der Waals surface area contributed by atoms with Crippen LogP contribution in [0.3, 0.4) is 0 Å². The van der Waals surface area contributed by atoms with E-state index in [2.05, 4.69) is 285 Å². The van der Waals surface area contributed by atoms with E-state index in [4.69, 9.17) is 9.15 Å². The Morgan fingerprint density at radius 3 is 1.46 bits per heavy atom. The number of para-hydroxylation sites is 1. The highest BCUT2D eigenvalue weighted by Crippen LogP contribution is 2.63. The maximum Gasteiger partial charge on any atom is 0.136 e. The summed E-state index contributed by atoms with van der Waals surface area (Å²) in [4.78, 5) is 2.63. The monoisotopic (exact) mass is 1020 g/mol. The number of nitrogens with zero attached hydrogens (tertiary/aromatic N) is 1. The molecule has 0 spiro atoms. The van der Waals surface area contributed by atoms with Gasteiger partial charge < -0.3 is 14.1 Å². The van der Waals surface area contributed by atoms with Crippen LogP contribution < -0.4 is 9.64 Å². The Morgan fingerprint density at radius 2 is 0.885 bits per heavy atom. The van der Waals surface area contributed by atoms with Gasteiger partial charge in [0.15, 0.2) is 0 Å². The molecular weight excluding hydrogens is 947 g/mol. The molecule has 1 unspecified atom stereocenters. The van der Waals surface area contributed by atoms with E-state index >= 15 is 0 Å². The summed E-state index contributed by atoms with van der Waals surface area (Å²) in [7, 11) is 0. The quantitative estimate of drug-likeness (QED) is 0.172. The van der Waals surface area contributed by atoms with Crippen LogP contribution in [0, 0.1) is 0 Å². The first-order valence-electron chi connectivity index (χ1n) is 28.2. The van der Waals surface area contributed by atoms with Gasteiger partial charge in [-0.1, -0.05) is 237 Å². The lowest BCUT2D eigenvalue weighted by Crippen LogP contribution is -2.27. The Labute approximate surface area is 464 Å². The van der Waals surface area contributed by atoms with E-state index in [1.54, 1.807) is 0 Å². The lowest BCUT2D eigenvalue weighted by molar-refractivity contribution is 0.452. The van der Waals surface area contributed by atoms with Crippen LogP contribution in [0.25, 0.3) is 66.4 Å². The maximum absolute atomic E-state index is 7.51. The van der Waals surface area contributed by atoms with Gasteiger partial charge in [-0.15, -0.1) is 0 Å². The second-order valence-electron chi connectivity index (χ2n) is 27.5. The van der Waals surface area contributed by atoms with Crippen molar-refractivity contribution in [2.75, 3.05) is 4.90 Å². The van der Waals surface area contributed by atoms with Crippen molar-refractivity contribution >= 4 is 39.0 Å². The van der Waals surface area contributed by atoms with Crippen molar-refractivity contribution in [3.05, 3.63) is 220 Å². The van der Waals surface area contributed by atoms with Gasteiger partial charge >= 0.3 is 0 Å². The van der Waals surface area contributed by atoms with E-state index in [1.807, 2.05) is 0 Å². The average molecular weight is 1020 g/mol. The van der Waals surface area contributed by atoms with Crippen molar-refractivity contribution in [3.63, 3.8) is 0 Å². The number of hydrogen-bond donors (Lipinski definition) is 0. The third-order valence-corrected chi connectivity index (χ3v) is 16.6. The van der Waals surface area contributed by atoms with Crippen molar-refractivity contribution in [3.8, 4) is 56.0 Å². The first kappa shape index (κ1) is 51.2. The lowest BCUT2D eigenvalue weighted by atomic mass is 9.74. The summed E-state index contributed by atoms with van der Waals surface area (Å²) >= 11 is 0. The summed E-state index contributed by atoms with van der Waals surface area (Å²) in [5.74, 6) is 1.62. The van der Waals surface area contributed by atoms with Gasteiger partial charge in [-0.2, -0.15) is 0 Å². The second kappa shape index (κ2) is 18.0. The van der Waals surface area contributed by atoms with Gasteiger partial charge in [0.2, 0.25) is 0 Å². The molecule has 1 atom stereocenters. The molecule has 3 nitrogen and oxygen atoms in total. The normalized spacial score (nSPS) is 14.6. The predicted octanol–water partition coefficient (Wildman–Crippen LogP) is 21.8. The standard InChI is InChI=1S/C75H75NO2/c1-71(2,3)51-31-32-56-60(43-51)76(70-58(45-24-18-16-19-25-45)44-65-68(57-28-22-23-29-62(57)77-65)66(70)46-26-20-17-21-27-46)61-39-50(49-36-54(74(10,11)12)42-55(37-49)75(13,14)15)40-64-69(61)67(56)59-38-47(30-33-63(59)78-64)48-34-52(72(4,5)6)41-53(35-48)73(7,8)9/h16-44,67H,1-15H3. The van der Waals surface area contributed by atoms with Crippen molar-refractivity contribution < 1.29 is 9.15 Å². The summed E-state index contributed by atoms with van der Waals surface area (Å²) in [6, 6.07) is 66.4. The molecule has 0 N–H and O–H groups in total. The van der Waals surface area contributed by atoms with Gasteiger partial charge in [0.05, 0.1) is 17.1 Å². The van der Waals surface area contributed by atoms with E-state index < -0.39 is 0 Å². The SMILES string of the molecule is CC(C)(C)c1cc(-c2ccc3c(c2)C2c4ccc(C(C)(C)C)cc4N(c4c(-c5ccccc5)cc5oc6ccccc6c5c4-c4ccccc4)c4cc(-c5cc(C(C)(C)C)cc(C(C)(C)C)c5)cc(c42)O3)cc(C(C)(C)C)c1. The summed E-state index contributed by atoms with van der Waals surface area (Å²) < 4.78 is 14.4. The number of rotatable bonds is 5. The molecule has 0 saturated carbocycles. The zero-order valence-corrected chi connectivity index (χ0v) is 48.6. The Morgan fingerprint density at radius 1 is 0.359 bits per heavy atom. The molecule has 0 amide bonds. The van der Waals surface area contributed by atoms with Crippen molar-refractivity contribution in [1.82, 2.24) is 0 Å². The maximum atomic E-state index is 7.51. The lowest BCUT2D eigenvalue weighted by Gasteiger charge is -2.43. The van der Waals surface area contributed by atoms with Crippen LogP contribution in [0.1, 0.15) is 154 Å². The van der Waals surface area contributed by atoms with E-state index in [9.17, 15) is 0 Å². The van der Waals surface area contributed by atoms with Crippen molar-refractivity contribution in [2.45, 2.75) is 137 Å². The molecule has 0 aliphatic carbocycles. The molecule has 1 aromatic heterocycles. The average Bonchev–Trinajstić information content (AvgIpc) is 2.53. The van der Waals surface area contributed by atoms with E-state index in [1.165, 1.54) is 55.6 Å². The Bertz CT molecular complexity index is 3940. The van der Waals surface area contributed by atoms with Crippen LogP contribution in [0.4, 0.5) is 17.1 Å². The smallest absolute Gasteiger partial charge is 0.136 e. The summed E-state index contributed by atoms with van der Waals surface area (Å²) in [5.41, 5.74) is 24.0. The number of fused-ring (bicyclic) bond motifs is 7. The predicted molar refractivity (Wildman–Crippen MR) is 331 cm³/mol. The Kier molecular flexibility index (Phi) is 11.8. The first-order valence-corrected chi connectivity index (χ1v) is 28.2. The van der Waals surface area contributed by atoms with Crippen molar-refractivity contribution in [1.29, 1.82) is 0 Å². The molecule has 3 heterocycles. The van der Waals surface area contributed by atoms with Gasteiger partial charge in [0, 0.05) is 38.9 Å². The molecule has 9 aromatic carbocycles. The molecule has 0 saturated heterocycles. The van der Waals surface area contributed by atoms with Crippen LogP contribution in [0.2, 0.25) is 0 Å². The second-order valence-corrected chi connectivity index (χ2v) is 27.5. The minimum Gasteiger partial charge on any atom is -0.457 e. The molecule has 2 aliphatic heterocycles. The van der Waals surface area contributed by atoms with E-state index in [-0.39, 0.29) is 33.0 Å². The largest absolute Gasteiger partial charge is 0.457 e. The van der Waals surface area contributed by atoms with Crippen LogP contribution in [0.15, 0.2) is 180 Å². The van der Waals surface area contributed by atoms with Gasteiger partial charge in [0.25, 0.3) is 0 Å². The fourth-order valence-corrected chi connectivity index (χ4v) is 12.0. The van der Waals surface area contributed by atoms with E-state index in [0.29, 0.717) is 0 Å². The first-order chi connectivity index (χ1) is 36.8. The number of furan rings is 1. The number of anilines is 3. The highest BCUT2D eigenvalue weighted by molar-refractivity contribution is 6.20. The van der Waals surface area contributed by atoms with Gasteiger partial charge in [-0.05, 0) is 136 Å². The molecule has 10 aromatic rings. The third-order valence-electron chi connectivity index (χ3n) is 16.6. The van der Waals surface area contributed by atoms with Gasteiger partial charge in [-0.3, -0.25) is 0 Å². The minimum absolute atomic E-state index is 0.0293. The Balaban J connectivity index is 1.24. The molecule has 0 radical (unpaired) electrons. The number of benzene rings is 9. The zero-order valence-electron chi connectivity index (χ0n) is 48.6.